The van der Waals surface area contributed by atoms with Gasteiger partial charge in [-0.25, -0.2) is 0 Å². The normalized spacial score (nSPS) is 12.6. The monoisotopic (exact) mass is 337 g/mol. The maximum absolute atomic E-state index is 3.58. The lowest BCUT2D eigenvalue weighted by molar-refractivity contribution is 0.516. The first-order valence-corrected chi connectivity index (χ1v) is 8.44. The standard InChI is InChI=1S/C16H20BrNS/c1-3-6-14(18-4-2)16-10-9-15(19-16)12-7-5-8-13(17)11-12/h5,7-11,14,18H,3-4,6H2,1-2H3. The number of benzene rings is 1. The summed E-state index contributed by atoms with van der Waals surface area (Å²) in [6.45, 7) is 5.44. The highest BCUT2D eigenvalue weighted by Gasteiger charge is 2.12. The van der Waals surface area contributed by atoms with E-state index in [4.69, 9.17) is 0 Å². The van der Waals surface area contributed by atoms with Crippen LogP contribution >= 0.6 is 27.3 Å². The van der Waals surface area contributed by atoms with Crippen molar-refractivity contribution in [2.45, 2.75) is 32.7 Å². The fourth-order valence-electron chi connectivity index (χ4n) is 2.22. The van der Waals surface area contributed by atoms with Gasteiger partial charge in [0.1, 0.15) is 0 Å². The zero-order chi connectivity index (χ0) is 13.7. The Morgan fingerprint density at radius 2 is 2.05 bits per heavy atom. The second kappa shape index (κ2) is 7.22. The Morgan fingerprint density at radius 3 is 2.74 bits per heavy atom. The van der Waals surface area contributed by atoms with E-state index in [0.717, 1.165) is 11.0 Å². The first-order chi connectivity index (χ1) is 9.24. The molecular weight excluding hydrogens is 318 g/mol. The molecule has 0 aliphatic carbocycles. The van der Waals surface area contributed by atoms with Crippen LogP contribution in [0.5, 0.6) is 0 Å². The van der Waals surface area contributed by atoms with Gasteiger partial charge in [0.25, 0.3) is 0 Å². The van der Waals surface area contributed by atoms with Crippen LogP contribution in [-0.4, -0.2) is 6.54 Å². The number of hydrogen-bond acceptors (Lipinski definition) is 2. The molecule has 1 aromatic heterocycles. The second-order valence-electron chi connectivity index (χ2n) is 4.61. The number of rotatable bonds is 6. The Morgan fingerprint density at radius 1 is 1.21 bits per heavy atom. The minimum atomic E-state index is 0.501. The zero-order valence-corrected chi connectivity index (χ0v) is 13.9. The third-order valence-electron chi connectivity index (χ3n) is 3.11. The van der Waals surface area contributed by atoms with Gasteiger partial charge in [-0.1, -0.05) is 48.3 Å². The van der Waals surface area contributed by atoms with Crippen LogP contribution in [0.2, 0.25) is 0 Å². The van der Waals surface area contributed by atoms with Crippen molar-refractivity contribution >= 4 is 27.3 Å². The lowest BCUT2D eigenvalue weighted by Crippen LogP contribution is -2.19. The molecule has 1 atom stereocenters. The van der Waals surface area contributed by atoms with Gasteiger partial charge in [0.05, 0.1) is 0 Å². The van der Waals surface area contributed by atoms with Crippen molar-refractivity contribution < 1.29 is 0 Å². The smallest absolute Gasteiger partial charge is 0.0414 e. The Hall–Kier alpha value is -0.640. The SMILES string of the molecule is CCCC(NCC)c1ccc(-c2cccc(Br)c2)s1. The van der Waals surface area contributed by atoms with Gasteiger partial charge < -0.3 is 5.32 Å². The van der Waals surface area contributed by atoms with Crippen molar-refractivity contribution in [2.24, 2.45) is 0 Å². The number of nitrogens with one attached hydrogen (secondary N) is 1. The number of thiophene rings is 1. The third kappa shape index (κ3) is 3.91. The molecule has 2 aromatic rings. The predicted molar refractivity (Wildman–Crippen MR) is 88.8 cm³/mol. The summed E-state index contributed by atoms with van der Waals surface area (Å²) in [6.07, 6.45) is 2.41. The lowest BCUT2D eigenvalue weighted by atomic mass is 10.1. The van der Waals surface area contributed by atoms with Crippen molar-refractivity contribution in [1.82, 2.24) is 5.32 Å². The fourth-order valence-corrected chi connectivity index (χ4v) is 3.73. The molecule has 1 unspecified atom stereocenters. The van der Waals surface area contributed by atoms with E-state index in [2.05, 4.69) is 71.5 Å². The molecule has 0 amide bonds. The number of hydrogen-bond donors (Lipinski definition) is 1. The molecule has 1 N–H and O–H groups in total. The molecule has 2 rings (SSSR count). The summed E-state index contributed by atoms with van der Waals surface area (Å²) in [4.78, 5) is 2.79. The van der Waals surface area contributed by atoms with Crippen molar-refractivity contribution in [1.29, 1.82) is 0 Å². The van der Waals surface area contributed by atoms with E-state index in [0.29, 0.717) is 6.04 Å². The van der Waals surface area contributed by atoms with Crippen LogP contribution in [0.15, 0.2) is 40.9 Å². The lowest BCUT2D eigenvalue weighted by Gasteiger charge is -2.15. The second-order valence-corrected chi connectivity index (χ2v) is 6.64. The highest BCUT2D eigenvalue weighted by molar-refractivity contribution is 9.10. The van der Waals surface area contributed by atoms with Gasteiger partial charge >= 0.3 is 0 Å². The van der Waals surface area contributed by atoms with E-state index in [-0.39, 0.29) is 0 Å². The van der Waals surface area contributed by atoms with Gasteiger partial charge in [-0.15, -0.1) is 11.3 Å². The molecule has 0 radical (unpaired) electrons. The summed E-state index contributed by atoms with van der Waals surface area (Å²) >= 11 is 5.44. The molecule has 1 nitrogen and oxygen atoms in total. The van der Waals surface area contributed by atoms with Crippen LogP contribution in [-0.2, 0) is 0 Å². The fraction of sp³-hybridized carbons (Fsp3) is 0.375. The Bertz CT molecular complexity index is 515. The minimum Gasteiger partial charge on any atom is -0.310 e. The van der Waals surface area contributed by atoms with Crippen LogP contribution in [0.3, 0.4) is 0 Å². The Labute approximate surface area is 128 Å². The van der Waals surface area contributed by atoms with Gasteiger partial charge in [0, 0.05) is 20.3 Å². The summed E-state index contributed by atoms with van der Waals surface area (Å²) in [7, 11) is 0. The summed E-state index contributed by atoms with van der Waals surface area (Å²) in [5, 5.41) is 3.58. The average molecular weight is 338 g/mol. The van der Waals surface area contributed by atoms with Crippen LogP contribution in [0.4, 0.5) is 0 Å². The summed E-state index contributed by atoms with van der Waals surface area (Å²) in [5.41, 5.74) is 1.29. The summed E-state index contributed by atoms with van der Waals surface area (Å²) < 4.78 is 1.14. The maximum Gasteiger partial charge on any atom is 0.0414 e. The van der Waals surface area contributed by atoms with Gasteiger partial charge in [-0.2, -0.15) is 0 Å². The van der Waals surface area contributed by atoms with E-state index in [1.54, 1.807) is 0 Å². The first kappa shape index (κ1) is 14.8. The van der Waals surface area contributed by atoms with E-state index in [9.17, 15) is 0 Å². The van der Waals surface area contributed by atoms with Gasteiger partial charge in [0.2, 0.25) is 0 Å². The van der Waals surface area contributed by atoms with Gasteiger partial charge in [-0.3, -0.25) is 0 Å². The largest absolute Gasteiger partial charge is 0.310 e. The van der Waals surface area contributed by atoms with E-state index >= 15 is 0 Å². The minimum absolute atomic E-state index is 0.501. The van der Waals surface area contributed by atoms with E-state index < -0.39 is 0 Å². The topological polar surface area (TPSA) is 12.0 Å². The summed E-state index contributed by atoms with van der Waals surface area (Å²) in [6, 6.07) is 13.5. The molecule has 0 aliphatic heterocycles. The molecule has 1 aromatic carbocycles. The number of halogens is 1. The van der Waals surface area contributed by atoms with Crippen molar-refractivity contribution in [3.8, 4) is 10.4 Å². The molecule has 0 saturated carbocycles. The first-order valence-electron chi connectivity index (χ1n) is 6.83. The van der Waals surface area contributed by atoms with Crippen molar-refractivity contribution in [3.63, 3.8) is 0 Å². The molecule has 3 heteroatoms. The zero-order valence-electron chi connectivity index (χ0n) is 11.4. The Kier molecular flexibility index (Phi) is 5.61. The molecule has 19 heavy (non-hydrogen) atoms. The molecule has 0 spiro atoms. The summed E-state index contributed by atoms with van der Waals surface area (Å²) in [5.74, 6) is 0. The molecule has 0 fully saturated rings. The quantitative estimate of drug-likeness (QED) is 0.720. The van der Waals surface area contributed by atoms with E-state index in [1.165, 1.54) is 28.2 Å². The van der Waals surface area contributed by atoms with Crippen LogP contribution in [0, 0.1) is 0 Å². The third-order valence-corrected chi connectivity index (χ3v) is 4.85. The van der Waals surface area contributed by atoms with Crippen molar-refractivity contribution in [3.05, 3.63) is 45.7 Å². The van der Waals surface area contributed by atoms with Crippen LogP contribution in [0.25, 0.3) is 10.4 Å². The molecule has 0 saturated heterocycles. The van der Waals surface area contributed by atoms with Crippen LogP contribution < -0.4 is 5.32 Å². The van der Waals surface area contributed by atoms with Crippen LogP contribution in [0.1, 0.15) is 37.6 Å². The molecule has 102 valence electrons. The molecule has 0 aliphatic rings. The van der Waals surface area contributed by atoms with Gasteiger partial charge in [0.15, 0.2) is 0 Å². The van der Waals surface area contributed by atoms with Gasteiger partial charge in [-0.05, 0) is 42.8 Å². The predicted octanol–water partition coefficient (Wildman–Crippen LogP) is 5.63. The highest BCUT2D eigenvalue weighted by atomic mass is 79.9. The van der Waals surface area contributed by atoms with Crippen molar-refractivity contribution in [2.75, 3.05) is 6.54 Å². The maximum atomic E-state index is 3.58. The average Bonchev–Trinajstić information content (AvgIpc) is 2.88. The molecule has 1 heterocycles. The Balaban J connectivity index is 2.22. The highest BCUT2D eigenvalue weighted by Crippen LogP contribution is 2.33. The molecular formula is C16H20BrNS. The molecule has 0 bridgehead atoms. The van der Waals surface area contributed by atoms with E-state index in [1.807, 2.05) is 11.3 Å².